The lowest BCUT2D eigenvalue weighted by Crippen LogP contribution is -2.07. The van der Waals surface area contributed by atoms with E-state index in [1.54, 1.807) is 6.92 Å². The van der Waals surface area contributed by atoms with Crippen LogP contribution in [0.5, 0.6) is 0 Å². The Morgan fingerprint density at radius 3 is 2.40 bits per heavy atom. The minimum atomic E-state index is -0.767. The van der Waals surface area contributed by atoms with Crippen LogP contribution in [-0.4, -0.2) is 11.1 Å². The van der Waals surface area contributed by atoms with Crippen molar-refractivity contribution in [2.24, 2.45) is 0 Å². The zero-order chi connectivity index (χ0) is 11.3. The fraction of sp³-hybridized carbons (Fsp3) is 0.462. The van der Waals surface area contributed by atoms with Gasteiger partial charge < -0.3 is 5.11 Å². The summed E-state index contributed by atoms with van der Waals surface area (Å²) in [5.41, 5.74) is 2.17. The molecule has 2 nitrogen and oxygen atoms in total. The van der Waals surface area contributed by atoms with Gasteiger partial charge in [-0.1, -0.05) is 37.6 Å². The average Bonchev–Trinajstić information content (AvgIpc) is 2.26. The van der Waals surface area contributed by atoms with E-state index in [2.05, 4.69) is 6.92 Å². The molecule has 1 unspecified atom stereocenters. The molecule has 1 aromatic rings. The summed E-state index contributed by atoms with van der Waals surface area (Å²) in [6, 6.07) is 7.91. The van der Waals surface area contributed by atoms with Gasteiger partial charge in [0.1, 0.15) is 0 Å². The molecule has 1 aromatic carbocycles. The largest absolute Gasteiger partial charge is 0.481 e. The maximum absolute atomic E-state index is 10.8. The number of carbonyl (C=O) groups is 1. The van der Waals surface area contributed by atoms with Crippen LogP contribution in [0.1, 0.15) is 43.7 Å². The zero-order valence-corrected chi connectivity index (χ0v) is 9.36. The molecule has 0 saturated heterocycles. The molecule has 0 amide bonds. The first-order valence-corrected chi connectivity index (χ1v) is 5.46. The van der Waals surface area contributed by atoms with Crippen molar-refractivity contribution in [1.82, 2.24) is 0 Å². The number of carboxylic acids is 1. The molecule has 82 valence electrons. The van der Waals surface area contributed by atoms with Crippen LogP contribution in [0.3, 0.4) is 0 Å². The normalized spacial score (nSPS) is 12.4. The molecule has 0 aliphatic rings. The molecule has 0 heterocycles. The molecule has 15 heavy (non-hydrogen) atoms. The Labute approximate surface area is 90.9 Å². The van der Waals surface area contributed by atoms with Crippen molar-refractivity contribution in [3.8, 4) is 0 Å². The first kappa shape index (κ1) is 11.8. The molecule has 1 atom stereocenters. The molecule has 0 aliphatic carbocycles. The highest BCUT2D eigenvalue weighted by Gasteiger charge is 2.12. The molecule has 2 heteroatoms. The van der Waals surface area contributed by atoms with Crippen molar-refractivity contribution in [3.63, 3.8) is 0 Å². The number of aryl methyl sites for hydroxylation is 1. The number of aliphatic carboxylic acids is 1. The van der Waals surface area contributed by atoms with Crippen LogP contribution in [0, 0.1) is 0 Å². The Bertz CT molecular complexity index is 314. The van der Waals surface area contributed by atoms with Gasteiger partial charge in [0.2, 0.25) is 0 Å². The molecule has 0 saturated carbocycles. The van der Waals surface area contributed by atoms with E-state index in [0.717, 1.165) is 12.0 Å². The second kappa shape index (κ2) is 5.54. The summed E-state index contributed by atoms with van der Waals surface area (Å²) >= 11 is 0. The van der Waals surface area contributed by atoms with Gasteiger partial charge in [-0.15, -0.1) is 0 Å². The van der Waals surface area contributed by atoms with E-state index in [4.69, 9.17) is 5.11 Å². The van der Waals surface area contributed by atoms with Crippen LogP contribution >= 0.6 is 0 Å². The lowest BCUT2D eigenvalue weighted by Gasteiger charge is -2.07. The van der Waals surface area contributed by atoms with Gasteiger partial charge in [-0.05, 0) is 30.9 Å². The van der Waals surface area contributed by atoms with Crippen molar-refractivity contribution in [2.45, 2.75) is 39.0 Å². The minimum Gasteiger partial charge on any atom is -0.481 e. The van der Waals surface area contributed by atoms with Crippen LogP contribution in [-0.2, 0) is 11.2 Å². The molecule has 0 aromatic heterocycles. The van der Waals surface area contributed by atoms with Gasteiger partial charge in [-0.3, -0.25) is 4.79 Å². The molecule has 1 N–H and O–H groups in total. The number of carboxylic acid groups (broad SMARTS) is 1. The van der Waals surface area contributed by atoms with E-state index in [-0.39, 0.29) is 0 Å². The number of unbranched alkanes of at least 4 members (excludes halogenated alkanes) is 1. The van der Waals surface area contributed by atoms with Crippen molar-refractivity contribution in [3.05, 3.63) is 35.4 Å². The Morgan fingerprint density at radius 1 is 1.33 bits per heavy atom. The number of hydrogen-bond donors (Lipinski definition) is 1. The lowest BCUT2D eigenvalue weighted by atomic mass is 9.99. The highest BCUT2D eigenvalue weighted by atomic mass is 16.4. The SMILES string of the molecule is CCCCc1ccc(C(C)C(=O)O)cc1. The van der Waals surface area contributed by atoms with Gasteiger partial charge >= 0.3 is 5.97 Å². The maximum atomic E-state index is 10.8. The van der Waals surface area contributed by atoms with Gasteiger partial charge in [0.05, 0.1) is 5.92 Å². The number of rotatable bonds is 5. The van der Waals surface area contributed by atoms with Gasteiger partial charge in [0.15, 0.2) is 0 Å². The standard InChI is InChI=1S/C13H18O2/c1-3-4-5-11-6-8-12(9-7-11)10(2)13(14)15/h6-10H,3-5H2,1-2H3,(H,14,15). The molecule has 0 fully saturated rings. The van der Waals surface area contributed by atoms with E-state index in [9.17, 15) is 4.79 Å². The Hall–Kier alpha value is -1.31. The highest BCUT2D eigenvalue weighted by Crippen LogP contribution is 2.16. The van der Waals surface area contributed by atoms with E-state index in [0.29, 0.717) is 0 Å². The van der Waals surface area contributed by atoms with Crippen LogP contribution < -0.4 is 0 Å². The molecular weight excluding hydrogens is 188 g/mol. The second-order valence-corrected chi connectivity index (χ2v) is 3.91. The van der Waals surface area contributed by atoms with Gasteiger partial charge in [-0.2, -0.15) is 0 Å². The van der Waals surface area contributed by atoms with E-state index in [1.807, 2.05) is 24.3 Å². The molecule has 1 rings (SSSR count). The topological polar surface area (TPSA) is 37.3 Å². The smallest absolute Gasteiger partial charge is 0.310 e. The van der Waals surface area contributed by atoms with Gasteiger partial charge in [0, 0.05) is 0 Å². The van der Waals surface area contributed by atoms with Crippen molar-refractivity contribution >= 4 is 5.97 Å². The zero-order valence-electron chi connectivity index (χ0n) is 9.36. The monoisotopic (exact) mass is 206 g/mol. The Balaban J connectivity index is 2.67. The third kappa shape index (κ3) is 3.39. The van der Waals surface area contributed by atoms with Crippen molar-refractivity contribution in [1.29, 1.82) is 0 Å². The van der Waals surface area contributed by atoms with Crippen LogP contribution in [0.25, 0.3) is 0 Å². The molecule has 0 aliphatic heterocycles. The lowest BCUT2D eigenvalue weighted by molar-refractivity contribution is -0.138. The van der Waals surface area contributed by atoms with E-state index in [1.165, 1.54) is 18.4 Å². The summed E-state index contributed by atoms with van der Waals surface area (Å²) in [6.07, 6.45) is 3.46. The van der Waals surface area contributed by atoms with E-state index >= 15 is 0 Å². The van der Waals surface area contributed by atoms with Crippen LogP contribution in [0.4, 0.5) is 0 Å². The minimum absolute atomic E-state index is 0.412. The summed E-state index contributed by atoms with van der Waals surface area (Å²) in [6.45, 7) is 3.88. The number of hydrogen-bond acceptors (Lipinski definition) is 1. The van der Waals surface area contributed by atoms with Crippen molar-refractivity contribution in [2.75, 3.05) is 0 Å². The quantitative estimate of drug-likeness (QED) is 0.803. The third-order valence-corrected chi connectivity index (χ3v) is 2.67. The fourth-order valence-corrected chi connectivity index (χ4v) is 1.50. The summed E-state index contributed by atoms with van der Waals surface area (Å²) in [5.74, 6) is -1.18. The highest BCUT2D eigenvalue weighted by molar-refractivity contribution is 5.75. The predicted octanol–water partition coefficient (Wildman–Crippen LogP) is 3.22. The van der Waals surface area contributed by atoms with Crippen LogP contribution in [0.2, 0.25) is 0 Å². The summed E-state index contributed by atoms with van der Waals surface area (Å²) < 4.78 is 0. The van der Waals surface area contributed by atoms with Crippen molar-refractivity contribution < 1.29 is 9.90 Å². The Kier molecular flexibility index (Phi) is 4.35. The maximum Gasteiger partial charge on any atom is 0.310 e. The average molecular weight is 206 g/mol. The molecule has 0 bridgehead atoms. The fourth-order valence-electron chi connectivity index (χ4n) is 1.50. The molecular formula is C13H18O2. The first-order valence-electron chi connectivity index (χ1n) is 5.46. The summed E-state index contributed by atoms with van der Waals surface area (Å²) in [5, 5.41) is 8.85. The number of benzene rings is 1. The third-order valence-electron chi connectivity index (χ3n) is 2.67. The van der Waals surface area contributed by atoms with Gasteiger partial charge in [-0.25, -0.2) is 0 Å². The molecule has 0 spiro atoms. The first-order chi connectivity index (χ1) is 7.15. The summed E-state index contributed by atoms with van der Waals surface area (Å²) in [7, 11) is 0. The van der Waals surface area contributed by atoms with E-state index < -0.39 is 11.9 Å². The van der Waals surface area contributed by atoms with Gasteiger partial charge in [0.25, 0.3) is 0 Å². The van der Waals surface area contributed by atoms with Crippen LogP contribution in [0.15, 0.2) is 24.3 Å². The summed E-state index contributed by atoms with van der Waals surface area (Å²) in [4.78, 5) is 10.8. The predicted molar refractivity (Wildman–Crippen MR) is 61.1 cm³/mol. The Morgan fingerprint density at radius 2 is 1.93 bits per heavy atom. The molecule has 0 radical (unpaired) electrons. The second-order valence-electron chi connectivity index (χ2n) is 3.91.